The maximum Gasteiger partial charge on any atom is 0.259 e. The molecule has 0 saturated carbocycles. The number of nitrogens with one attached hydrogen (secondary N) is 1. The number of carbonyl (C=O) groups is 1. The van der Waals surface area contributed by atoms with Gasteiger partial charge in [0.25, 0.3) is 5.91 Å². The number of thiazole rings is 1. The number of amides is 1. The van der Waals surface area contributed by atoms with E-state index >= 15 is 0 Å². The molecule has 1 saturated heterocycles. The molecule has 2 aromatic rings. The van der Waals surface area contributed by atoms with Gasteiger partial charge in [0.2, 0.25) is 0 Å². The van der Waals surface area contributed by atoms with E-state index in [-0.39, 0.29) is 5.91 Å². The van der Waals surface area contributed by atoms with E-state index in [0.29, 0.717) is 23.9 Å². The number of ether oxygens (including phenoxy) is 1. The number of aromatic nitrogens is 1. The molecule has 1 fully saturated rings. The molecule has 0 atom stereocenters. The molecule has 5 nitrogen and oxygen atoms in total. The predicted octanol–water partition coefficient (Wildman–Crippen LogP) is 2.85. The summed E-state index contributed by atoms with van der Waals surface area (Å²) in [7, 11) is 0. The molecule has 1 amide bonds. The van der Waals surface area contributed by atoms with Crippen LogP contribution in [0.4, 0.5) is 10.8 Å². The number of carbonyl (C=O) groups excluding carboxylic acids is 1. The third kappa shape index (κ3) is 3.13. The van der Waals surface area contributed by atoms with Crippen molar-refractivity contribution < 1.29 is 9.53 Å². The Bertz CT molecular complexity index is 658. The molecule has 0 radical (unpaired) electrons. The third-order valence-corrected chi connectivity index (χ3v) is 4.74. The highest BCUT2D eigenvalue weighted by Gasteiger charge is 2.19. The number of hydrogen-bond acceptors (Lipinski definition) is 5. The number of rotatable bonds is 3. The van der Waals surface area contributed by atoms with E-state index < -0.39 is 0 Å². The van der Waals surface area contributed by atoms with Crippen LogP contribution in [0.5, 0.6) is 0 Å². The lowest BCUT2D eigenvalue weighted by Crippen LogP contribution is -2.37. The molecular formula is C16H19N3O2S. The first kappa shape index (κ1) is 15.0. The quantitative estimate of drug-likeness (QED) is 0.946. The lowest BCUT2D eigenvalue weighted by molar-refractivity contribution is 0.102. The van der Waals surface area contributed by atoms with Crippen molar-refractivity contribution in [2.75, 3.05) is 36.5 Å². The maximum atomic E-state index is 12.6. The highest BCUT2D eigenvalue weighted by molar-refractivity contribution is 7.15. The van der Waals surface area contributed by atoms with Crippen LogP contribution >= 0.6 is 11.3 Å². The van der Waals surface area contributed by atoms with Crippen molar-refractivity contribution in [2.45, 2.75) is 13.8 Å². The monoisotopic (exact) mass is 317 g/mol. The van der Waals surface area contributed by atoms with Gasteiger partial charge in [0.1, 0.15) is 0 Å². The number of nitrogens with zero attached hydrogens (tertiary/aromatic N) is 2. The van der Waals surface area contributed by atoms with Gasteiger partial charge in [-0.25, -0.2) is 4.98 Å². The lowest BCUT2D eigenvalue weighted by atomic mass is 10.1. The van der Waals surface area contributed by atoms with Crippen LogP contribution in [0.15, 0.2) is 24.3 Å². The van der Waals surface area contributed by atoms with Crippen molar-refractivity contribution in [3.8, 4) is 0 Å². The Morgan fingerprint density at radius 1 is 1.27 bits per heavy atom. The highest BCUT2D eigenvalue weighted by Crippen LogP contribution is 2.25. The van der Waals surface area contributed by atoms with Gasteiger partial charge in [-0.05, 0) is 26.0 Å². The molecule has 0 spiro atoms. The minimum atomic E-state index is -0.115. The third-order valence-electron chi connectivity index (χ3n) is 3.75. The Hall–Kier alpha value is -1.92. The Morgan fingerprint density at radius 3 is 2.68 bits per heavy atom. The number of morpholine rings is 1. The van der Waals surface area contributed by atoms with Gasteiger partial charge < -0.3 is 9.64 Å². The summed E-state index contributed by atoms with van der Waals surface area (Å²) in [5.41, 5.74) is 2.59. The number of aryl methyl sites for hydroxylation is 2. The van der Waals surface area contributed by atoms with Crippen molar-refractivity contribution in [3.63, 3.8) is 0 Å². The largest absolute Gasteiger partial charge is 0.378 e. The molecule has 1 aromatic heterocycles. The summed E-state index contributed by atoms with van der Waals surface area (Å²) in [6, 6.07) is 7.68. The van der Waals surface area contributed by atoms with E-state index in [9.17, 15) is 4.79 Å². The first-order valence-corrected chi connectivity index (χ1v) is 8.14. The van der Waals surface area contributed by atoms with Crippen LogP contribution in [0.25, 0.3) is 0 Å². The zero-order chi connectivity index (χ0) is 15.5. The molecule has 22 heavy (non-hydrogen) atoms. The van der Waals surface area contributed by atoms with E-state index in [1.54, 1.807) is 0 Å². The molecule has 116 valence electrons. The lowest BCUT2D eigenvalue weighted by Gasteiger charge is -2.30. The molecular weight excluding hydrogens is 298 g/mol. The first-order valence-electron chi connectivity index (χ1n) is 7.32. The normalized spacial score (nSPS) is 14.9. The zero-order valence-electron chi connectivity index (χ0n) is 12.8. The van der Waals surface area contributed by atoms with Gasteiger partial charge in [-0.3, -0.25) is 10.1 Å². The molecule has 0 bridgehead atoms. The Labute approximate surface area is 133 Å². The predicted molar refractivity (Wildman–Crippen MR) is 89.0 cm³/mol. The van der Waals surface area contributed by atoms with E-state index in [1.807, 2.05) is 38.1 Å². The Morgan fingerprint density at radius 2 is 2.00 bits per heavy atom. The molecule has 1 aromatic carbocycles. The maximum absolute atomic E-state index is 12.6. The number of hydrogen-bond donors (Lipinski definition) is 1. The molecule has 1 aliphatic rings. The van der Waals surface area contributed by atoms with Gasteiger partial charge >= 0.3 is 0 Å². The number of para-hydroxylation sites is 1. The van der Waals surface area contributed by atoms with Gasteiger partial charge in [0.15, 0.2) is 5.13 Å². The number of anilines is 2. The summed E-state index contributed by atoms with van der Waals surface area (Å²) in [5, 5.41) is 3.56. The van der Waals surface area contributed by atoms with Crippen LogP contribution in [0.2, 0.25) is 0 Å². The first-order chi connectivity index (χ1) is 10.6. The molecule has 1 N–H and O–H groups in total. The Balaban J connectivity index is 1.82. The second-order valence-corrected chi connectivity index (χ2v) is 6.43. The van der Waals surface area contributed by atoms with Crippen molar-refractivity contribution in [1.82, 2.24) is 4.98 Å². The van der Waals surface area contributed by atoms with Gasteiger partial charge in [-0.1, -0.05) is 12.1 Å². The fourth-order valence-electron chi connectivity index (χ4n) is 2.44. The van der Waals surface area contributed by atoms with E-state index in [0.717, 1.165) is 29.3 Å². The van der Waals surface area contributed by atoms with Gasteiger partial charge in [-0.15, -0.1) is 11.3 Å². The van der Waals surface area contributed by atoms with Crippen molar-refractivity contribution in [2.24, 2.45) is 0 Å². The van der Waals surface area contributed by atoms with Crippen LogP contribution in [-0.2, 0) is 4.74 Å². The second-order valence-electron chi connectivity index (χ2n) is 5.23. The van der Waals surface area contributed by atoms with Crippen LogP contribution in [-0.4, -0.2) is 37.2 Å². The van der Waals surface area contributed by atoms with Crippen molar-refractivity contribution >= 4 is 28.1 Å². The summed E-state index contributed by atoms with van der Waals surface area (Å²) in [6.07, 6.45) is 0. The summed E-state index contributed by atoms with van der Waals surface area (Å²) in [4.78, 5) is 20.3. The van der Waals surface area contributed by atoms with E-state index in [4.69, 9.17) is 4.74 Å². The molecule has 6 heteroatoms. The summed E-state index contributed by atoms with van der Waals surface area (Å²) < 4.78 is 5.38. The molecule has 3 rings (SSSR count). The summed E-state index contributed by atoms with van der Waals surface area (Å²) in [5.74, 6) is -0.115. The van der Waals surface area contributed by atoms with Gasteiger partial charge in [0, 0.05) is 23.7 Å². The zero-order valence-corrected chi connectivity index (χ0v) is 13.6. The molecule has 0 aliphatic carbocycles. The summed E-state index contributed by atoms with van der Waals surface area (Å²) >= 11 is 1.50. The van der Waals surface area contributed by atoms with Crippen molar-refractivity contribution in [1.29, 1.82) is 0 Å². The van der Waals surface area contributed by atoms with E-state index in [2.05, 4.69) is 15.2 Å². The topological polar surface area (TPSA) is 54.5 Å². The SMILES string of the molecule is Cc1nc(NC(=O)c2ccccc2N2CCOCC2)sc1C. The average Bonchev–Trinajstić information content (AvgIpc) is 2.86. The van der Waals surface area contributed by atoms with E-state index in [1.165, 1.54) is 11.3 Å². The standard InChI is InChI=1S/C16H19N3O2S/c1-11-12(2)22-16(17-11)18-15(20)13-5-3-4-6-14(13)19-7-9-21-10-8-19/h3-6H,7-10H2,1-2H3,(H,17,18,20). The average molecular weight is 317 g/mol. The smallest absolute Gasteiger partial charge is 0.259 e. The summed E-state index contributed by atoms with van der Waals surface area (Å²) in [6.45, 7) is 6.95. The van der Waals surface area contributed by atoms with Crippen molar-refractivity contribution in [3.05, 3.63) is 40.4 Å². The molecule has 0 unspecified atom stereocenters. The highest BCUT2D eigenvalue weighted by atomic mass is 32.1. The minimum Gasteiger partial charge on any atom is -0.378 e. The molecule has 2 heterocycles. The van der Waals surface area contributed by atoms with Crippen LogP contribution in [0, 0.1) is 13.8 Å². The van der Waals surface area contributed by atoms with Crippen LogP contribution in [0.1, 0.15) is 20.9 Å². The fourth-order valence-corrected chi connectivity index (χ4v) is 3.25. The second kappa shape index (κ2) is 6.46. The Kier molecular flexibility index (Phi) is 4.40. The van der Waals surface area contributed by atoms with Gasteiger partial charge in [0.05, 0.1) is 24.5 Å². The van der Waals surface area contributed by atoms with Crippen LogP contribution in [0.3, 0.4) is 0 Å². The molecule has 1 aliphatic heterocycles. The number of benzene rings is 1. The van der Waals surface area contributed by atoms with Gasteiger partial charge in [-0.2, -0.15) is 0 Å². The fraction of sp³-hybridized carbons (Fsp3) is 0.375. The van der Waals surface area contributed by atoms with Crippen LogP contribution < -0.4 is 10.2 Å². The minimum absolute atomic E-state index is 0.115.